The molecule has 0 bridgehead atoms. The van der Waals surface area contributed by atoms with Crippen LogP contribution in [-0.2, 0) is 26.2 Å². The molecule has 9 heteroatoms. The van der Waals surface area contributed by atoms with Crippen molar-refractivity contribution in [2.24, 2.45) is 5.92 Å². The molecule has 0 unspecified atom stereocenters. The molecule has 0 saturated carbocycles. The van der Waals surface area contributed by atoms with Crippen LogP contribution in [0.15, 0.2) is 71.9 Å². The molecule has 0 saturated heterocycles. The highest BCUT2D eigenvalue weighted by atomic mass is 32.2. The van der Waals surface area contributed by atoms with Gasteiger partial charge in [-0.25, -0.2) is 13.1 Å². The lowest BCUT2D eigenvalue weighted by molar-refractivity contribution is -0.148. The van der Waals surface area contributed by atoms with Crippen molar-refractivity contribution in [2.45, 2.75) is 31.4 Å². The third-order valence-corrected chi connectivity index (χ3v) is 6.12. The summed E-state index contributed by atoms with van der Waals surface area (Å²) >= 11 is 0. The SMILES string of the molecule is COc1ccc(S(=O)(=O)N[C@H](C(=O)OCc2ccc(-n3cccn3)cc2)C(C)C)cc1. The summed E-state index contributed by atoms with van der Waals surface area (Å²) in [5.74, 6) is -0.400. The zero-order valence-corrected chi connectivity index (χ0v) is 18.4. The summed E-state index contributed by atoms with van der Waals surface area (Å²) in [6.45, 7) is 3.54. The minimum absolute atomic E-state index is 0.0334. The summed E-state index contributed by atoms with van der Waals surface area (Å²) in [5.41, 5.74) is 1.66. The van der Waals surface area contributed by atoms with E-state index in [9.17, 15) is 13.2 Å². The molecule has 0 aliphatic rings. The van der Waals surface area contributed by atoms with E-state index in [0.29, 0.717) is 5.75 Å². The van der Waals surface area contributed by atoms with Gasteiger partial charge in [0.05, 0.1) is 17.7 Å². The van der Waals surface area contributed by atoms with Gasteiger partial charge < -0.3 is 9.47 Å². The predicted octanol–water partition coefficient (Wildman–Crippen LogP) is 2.93. The van der Waals surface area contributed by atoms with E-state index in [1.165, 1.54) is 19.2 Å². The largest absolute Gasteiger partial charge is 0.497 e. The van der Waals surface area contributed by atoms with Gasteiger partial charge >= 0.3 is 5.97 Å². The number of carbonyl (C=O) groups excluding carboxylic acids is 1. The number of esters is 1. The predicted molar refractivity (Wildman–Crippen MR) is 115 cm³/mol. The molecule has 0 fully saturated rings. The zero-order valence-electron chi connectivity index (χ0n) is 17.6. The van der Waals surface area contributed by atoms with Crippen molar-refractivity contribution in [3.63, 3.8) is 0 Å². The molecule has 3 aromatic rings. The standard InChI is InChI=1S/C22H25N3O5S/c1-16(2)21(24-31(27,28)20-11-9-19(29-3)10-12-20)22(26)30-15-17-5-7-18(8-6-17)25-14-4-13-23-25/h4-14,16,21,24H,15H2,1-3H3/t21-/m0/s1. The van der Waals surface area contributed by atoms with Gasteiger partial charge in [-0.1, -0.05) is 26.0 Å². The van der Waals surface area contributed by atoms with Crippen LogP contribution in [0.5, 0.6) is 5.75 Å². The number of hydrogen-bond acceptors (Lipinski definition) is 6. The van der Waals surface area contributed by atoms with Crippen LogP contribution in [0.2, 0.25) is 0 Å². The zero-order chi connectivity index (χ0) is 22.4. The van der Waals surface area contributed by atoms with Crippen LogP contribution in [0, 0.1) is 5.92 Å². The van der Waals surface area contributed by atoms with E-state index in [0.717, 1.165) is 11.3 Å². The molecular weight excluding hydrogens is 418 g/mol. The van der Waals surface area contributed by atoms with Crippen LogP contribution in [0.4, 0.5) is 0 Å². The molecule has 1 N–H and O–H groups in total. The first kappa shape index (κ1) is 22.5. The number of sulfonamides is 1. The number of nitrogens with zero attached hydrogens (tertiary/aromatic N) is 2. The van der Waals surface area contributed by atoms with E-state index < -0.39 is 22.0 Å². The lowest BCUT2D eigenvalue weighted by Gasteiger charge is -2.21. The highest BCUT2D eigenvalue weighted by Gasteiger charge is 2.29. The Kier molecular flexibility index (Phi) is 7.09. The molecule has 8 nitrogen and oxygen atoms in total. The molecule has 164 valence electrons. The van der Waals surface area contributed by atoms with Gasteiger partial charge in [-0.05, 0) is 53.9 Å². The lowest BCUT2D eigenvalue weighted by atomic mass is 10.1. The van der Waals surface area contributed by atoms with Crippen molar-refractivity contribution in [3.8, 4) is 11.4 Å². The summed E-state index contributed by atoms with van der Waals surface area (Å²) in [4.78, 5) is 12.7. The third kappa shape index (κ3) is 5.71. The van der Waals surface area contributed by atoms with Crippen LogP contribution in [0.25, 0.3) is 5.69 Å². The first-order valence-corrected chi connectivity index (χ1v) is 11.2. The Morgan fingerprint density at radius 2 is 1.77 bits per heavy atom. The van der Waals surface area contributed by atoms with Gasteiger partial charge in [-0.15, -0.1) is 0 Å². The Hall–Kier alpha value is -3.17. The van der Waals surface area contributed by atoms with Crippen LogP contribution in [-0.4, -0.2) is 37.3 Å². The van der Waals surface area contributed by atoms with Crippen LogP contribution in [0.1, 0.15) is 19.4 Å². The molecule has 3 rings (SSSR count). The summed E-state index contributed by atoms with van der Waals surface area (Å²) in [6, 6.07) is 14.1. The van der Waals surface area contributed by atoms with E-state index >= 15 is 0 Å². The number of rotatable bonds is 9. The first-order chi connectivity index (χ1) is 14.8. The van der Waals surface area contributed by atoms with Crippen molar-refractivity contribution in [1.82, 2.24) is 14.5 Å². The molecule has 31 heavy (non-hydrogen) atoms. The maximum Gasteiger partial charge on any atom is 0.324 e. The summed E-state index contributed by atoms with van der Waals surface area (Å²) in [5, 5.41) is 4.16. The molecule has 0 radical (unpaired) electrons. The molecule has 1 aromatic heterocycles. The van der Waals surface area contributed by atoms with E-state index in [1.807, 2.05) is 36.5 Å². The van der Waals surface area contributed by atoms with Crippen molar-refractivity contribution in [3.05, 3.63) is 72.6 Å². The van der Waals surface area contributed by atoms with Gasteiger partial charge in [0.2, 0.25) is 10.0 Å². The topological polar surface area (TPSA) is 99.5 Å². The number of benzene rings is 2. The number of aromatic nitrogens is 2. The van der Waals surface area contributed by atoms with Crippen molar-refractivity contribution >= 4 is 16.0 Å². The molecule has 0 aliphatic heterocycles. The Morgan fingerprint density at radius 3 is 2.32 bits per heavy atom. The van der Waals surface area contributed by atoms with Gasteiger partial charge in [-0.2, -0.15) is 9.82 Å². The molecule has 0 amide bonds. The number of ether oxygens (including phenoxy) is 2. The van der Waals surface area contributed by atoms with E-state index in [4.69, 9.17) is 9.47 Å². The average Bonchev–Trinajstić information content (AvgIpc) is 3.31. The second-order valence-electron chi connectivity index (χ2n) is 7.24. The third-order valence-electron chi connectivity index (χ3n) is 4.66. The molecule has 1 heterocycles. The summed E-state index contributed by atoms with van der Waals surface area (Å²) in [7, 11) is -2.41. The fraction of sp³-hybridized carbons (Fsp3) is 0.273. The first-order valence-electron chi connectivity index (χ1n) is 9.72. The lowest BCUT2D eigenvalue weighted by Crippen LogP contribution is -2.45. The Bertz CT molecular complexity index is 1090. The number of methoxy groups -OCH3 is 1. The maximum atomic E-state index is 12.7. The maximum absolute atomic E-state index is 12.7. The number of carbonyl (C=O) groups is 1. The summed E-state index contributed by atoms with van der Waals surface area (Å²) in [6.07, 6.45) is 3.52. The van der Waals surface area contributed by atoms with Crippen LogP contribution >= 0.6 is 0 Å². The molecule has 1 atom stereocenters. The van der Waals surface area contributed by atoms with Gasteiger partial charge in [0, 0.05) is 12.4 Å². The van der Waals surface area contributed by atoms with Crippen LogP contribution in [0.3, 0.4) is 0 Å². The quantitative estimate of drug-likeness (QED) is 0.511. The second-order valence-corrected chi connectivity index (χ2v) is 8.96. The van der Waals surface area contributed by atoms with E-state index in [-0.39, 0.29) is 17.4 Å². The van der Waals surface area contributed by atoms with Gasteiger partial charge in [0.15, 0.2) is 0 Å². The van der Waals surface area contributed by atoms with Gasteiger partial charge in [-0.3, -0.25) is 4.79 Å². The fourth-order valence-corrected chi connectivity index (χ4v) is 4.19. The summed E-state index contributed by atoms with van der Waals surface area (Å²) < 4.78 is 40.0. The Balaban J connectivity index is 1.64. The number of nitrogens with one attached hydrogen (secondary N) is 1. The highest BCUT2D eigenvalue weighted by molar-refractivity contribution is 7.89. The van der Waals surface area contributed by atoms with Gasteiger partial charge in [0.25, 0.3) is 0 Å². The monoisotopic (exact) mass is 443 g/mol. The van der Waals surface area contributed by atoms with Crippen LogP contribution < -0.4 is 9.46 Å². The average molecular weight is 444 g/mol. The van der Waals surface area contributed by atoms with Crippen molar-refractivity contribution < 1.29 is 22.7 Å². The molecule has 0 aliphatic carbocycles. The van der Waals surface area contributed by atoms with E-state index in [2.05, 4.69) is 9.82 Å². The minimum Gasteiger partial charge on any atom is -0.497 e. The van der Waals surface area contributed by atoms with E-state index in [1.54, 1.807) is 36.9 Å². The minimum atomic E-state index is -3.90. The number of hydrogen-bond donors (Lipinski definition) is 1. The molecule has 2 aromatic carbocycles. The Labute approximate surface area is 181 Å². The second kappa shape index (κ2) is 9.76. The van der Waals surface area contributed by atoms with Crippen molar-refractivity contribution in [2.75, 3.05) is 7.11 Å². The highest BCUT2D eigenvalue weighted by Crippen LogP contribution is 2.17. The molecule has 0 spiro atoms. The molecular formula is C22H25N3O5S. The smallest absolute Gasteiger partial charge is 0.324 e. The van der Waals surface area contributed by atoms with Gasteiger partial charge in [0.1, 0.15) is 18.4 Å². The Morgan fingerprint density at radius 1 is 1.10 bits per heavy atom. The normalized spacial score (nSPS) is 12.5. The fourth-order valence-electron chi connectivity index (χ4n) is 2.86. The van der Waals surface area contributed by atoms with Crippen molar-refractivity contribution in [1.29, 1.82) is 0 Å².